The zero-order valence-electron chi connectivity index (χ0n) is 8.73. The summed E-state index contributed by atoms with van der Waals surface area (Å²) in [4.78, 5) is 1.32. The van der Waals surface area contributed by atoms with Crippen LogP contribution in [0.4, 0.5) is 0 Å². The Balaban J connectivity index is 2.09. The van der Waals surface area contributed by atoms with Crippen molar-refractivity contribution in [2.75, 3.05) is 6.61 Å². The van der Waals surface area contributed by atoms with Gasteiger partial charge in [0.2, 0.25) is 0 Å². The molecule has 0 spiro atoms. The number of fused-ring (bicyclic) bond motifs is 1. The van der Waals surface area contributed by atoms with Gasteiger partial charge < -0.3 is 10.4 Å². The minimum atomic E-state index is 0.162. The molecule has 1 atom stereocenters. The van der Waals surface area contributed by atoms with Crippen LogP contribution in [0.3, 0.4) is 0 Å². The Morgan fingerprint density at radius 1 is 1.40 bits per heavy atom. The normalized spacial score (nSPS) is 13.2. The van der Waals surface area contributed by atoms with Crippen molar-refractivity contribution in [3.63, 3.8) is 0 Å². The highest BCUT2D eigenvalue weighted by Gasteiger charge is 2.02. The lowest BCUT2D eigenvalue weighted by molar-refractivity contribution is 0.251. The van der Waals surface area contributed by atoms with Crippen molar-refractivity contribution in [2.45, 2.75) is 19.5 Å². The number of nitrogens with one attached hydrogen (secondary N) is 1. The molecule has 0 aliphatic heterocycles. The fourth-order valence-corrected chi connectivity index (χ4v) is 2.48. The van der Waals surface area contributed by atoms with Crippen LogP contribution in [-0.4, -0.2) is 17.8 Å². The van der Waals surface area contributed by atoms with Crippen molar-refractivity contribution in [3.8, 4) is 0 Å². The van der Waals surface area contributed by atoms with Gasteiger partial charge in [-0.1, -0.05) is 18.2 Å². The van der Waals surface area contributed by atoms with Gasteiger partial charge in [-0.25, -0.2) is 0 Å². The molecule has 80 valence electrons. The Labute approximate surface area is 93.6 Å². The van der Waals surface area contributed by atoms with Crippen LogP contribution < -0.4 is 5.32 Å². The SMILES string of the molecule is CC(CO)NCc1cc2ccccc2s1. The molecule has 1 aromatic heterocycles. The second kappa shape index (κ2) is 4.75. The zero-order valence-corrected chi connectivity index (χ0v) is 9.55. The molecule has 2 nitrogen and oxygen atoms in total. The maximum Gasteiger partial charge on any atom is 0.0582 e. The van der Waals surface area contributed by atoms with E-state index >= 15 is 0 Å². The standard InChI is InChI=1S/C12H15NOS/c1-9(8-14)13-7-11-6-10-4-2-3-5-12(10)15-11/h2-6,9,13-14H,7-8H2,1H3. The molecular formula is C12H15NOS. The molecule has 0 saturated heterocycles. The molecule has 0 aliphatic rings. The van der Waals surface area contributed by atoms with E-state index in [2.05, 4.69) is 35.6 Å². The Morgan fingerprint density at radius 3 is 2.93 bits per heavy atom. The van der Waals surface area contributed by atoms with Gasteiger partial charge in [0.15, 0.2) is 0 Å². The summed E-state index contributed by atoms with van der Waals surface area (Å²) in [6, 6.07) is 10.8. The maximum absolute atomic E-state index is 8.89. The summed E-state index contributed by atoms with van der Waals surface area (Å²) in [5.41, 5.74) is 0. The second-order valence-electron chi connectivity index (χ2n) is 3.72. The van der Waals surface area contributed by atoms with E-state index in [0.29, 0.717) is 0 Å². The number of thiophene rings is 1. The molecule has 0 bridgehead atoms. The molecule has 0 saturated carbocycles. The van der Waals surface area contributed by atoms with Crippen molar-refractivity contribution in [2.24, 2.45) is 0 Å². The van der Waals surface area contributed by atoms with Crippen LogP contribution in [0.15, 0.2) is 30.3 Å². The smallest absolute Gasteiger partial charge is 0.0582 e. The van der Waals surface area contributed by atoms with Gasteiger partial charge in [-0.2, -0.15) is 0 Å². The van der Waals surface area contributed by atoms with E-state index in [1.54, 1.807) is 11.3 Å². The van der Waals surface area contributed by atoms with Crippen molar-refractivity contribution < 1.29 is 5.11 Å². The summed E-state index contributed by atoms with van der Waals surface area (Å²) in [6.07, 6.45) is 0. The van der Waals surface area contributed by atoms with Crippen LogP contribution in [0.25, 0.3) is 10.1 Å². The fourth-order valence-electron chi connectivity index (χ4n) is 1.46. The molecule has 15 heavy (non-hydrogen) atoms. The lowest BCUT2D eigenvalue weighted by Gasteiger charge is -2.08. The third kappa shape index (κ3) is 2.56. The minimum absolute atomic E-state index is 0.162. The van der Waals surface area contributed by atoms with E-state index in [9.17, 15) is 0 Å². The summed E-state index contributed by atoms with van der Waals surface area (Å²) in [6.45, 7) is 3.00. The first-order chi connectivity index (χ1) is 7.29. The van der Waals surface area contributed by atoms with Crippen LogP contribution >= 0.6 is 11.3 Å². The van der Waals surface area contributed by atoms with Gasteiger partial charge in [-0.3, -0.25) is 0 Å². The molecule has 2 rings (SSSR count). The molecule has 0 amide bonds. The number of aliphatic hydroxyl groups is 1. The topological polar surface area (TPSA) is 32.3 Å². The number of benzene rings is 1. The van der Waals surface area contributed by atoms with Crippen LogP contribution in [0.1, 0.15) is 11.8 Å². The highest BCUT2D eigenvalue weighted by molar-refractivity contribution is 7.19. The van der Waals surface area contributed by atoms with E-state index in [-0.39, 0.29) is 12.6 Å². The molecule has 0 aliphatic carbocycles. The summed E-state index contributed by atoms with van der Waals surface area (Å²) in [5.74, 6) is 0. The Bertz CT molecular complexity index is 405. The van der Waals surface area contributed by atoms with Crippen molar-refractivity contribution >= 4 is 21.4 Å². The van der Waals surface area contributed by atoms with Crippen molar-refractivity contribution in [1.82, 2.24) is 5.32 Å². The highest BCUT2D eigenvalue weighted by Crippen LogP contribution is 2.24. The van der Waals surface area contributed by atoms with Gasteiger partial charge in [-0.05, 0) is 24.4 Å². The molecule has 2 N–H and O–H groups in total. The van der Waals surface area contributed by atoms with E-state index in [4.69, 9.17) is 5.11 Å². The van der Waals surface area contributed by atoms with Gasteiger partial charge in [0.05, 0.1) is 6.61 Å². The monoisotopic (exact) mass is 221 g/mol. The van der Waals surface area contributed by atoms with Gasteiger partial charge >= 0.3 is 0 Å². The Hall–Kier alpha value is -0.900. The van der Waals surface area contributed by atoms with Gasteiger partial charge in [-0.15, -0.1) is 11.3 Å². The van der Waals surface area contributed by atoms with E-state index < -0.39 is 0 Å². The van der Waals surface area contributed by atoms with Crippen LogP contribution in [-0.2, 0) is 6.54 Å². The molecule has 3 heteroatoms. The molecule has 1 unspecified atom stereocenters. The Kier molecular flexibility index (Phi) is 3.36. The highest BCUT2D eigenvalue weighted by atomic mass is 32.1. The first kappa shape index (κ1) is 10.6. The number of aliphatic hydroxyl groups excluding tert-OH is 1. The van der Waals surface area contributed by atoms with E-state index in [1.165, 1.54) is 15.0 Å². The van der Waals surface area contributed by atoms with Crippen LogP contribution in [0.5, 0.6) is 0 Å². The summed E-state index contributed by atoms with van der Waals surface area (Å²) in [7, 11) is 0. The summed E-state index contributed by atoms with van der Waals surface area (Å²) in [5, 5.41) is 13.5. The fraction of sp³-hybridized carbons (Fsp3) is 0.333. The minimum Gasteiger partial charge on any atom is -0.395 e. The predicted octanol–water partition coefficient (Wildman–Crippen LogP) is 2.37. The van der Waals surface area contributed by atoms with Crippen LogP contribution in [0.2, 0.25) is 0 Å². The maximum atomic E-state index is 8.89. The lowest BCUT2D eigenvalue weighted by atomic mass is 10.2. The predicted molar refractivity (Wildman–Crippen MR) is 65.2 cm³/mol. The lowest BCUT2D eigenvalue weighted by Crippen LogP contribution is -2.28. The quantitative estimate of drug-likeness (QED) is 0.830. The molecule has 2 aromatic rings. The first-order valence-electron chi connectivity index (χ1n) is 5.11. The Morgan fingerprint density at radius 2 is 2.20 bits per heavy atom. The van der Waals surface area contributed by atoms with Gasteiger partial charge in [0, 0.05) is 22.2 Å². The third-order valence-corrected chi connectivity index (χ3v) is 3.49. The largest absolute Gasteiger partial charge is 0.395 e. The van der Waals surface area contributed by atoms with Gasteiger partial charge in [0.25, 0.3) is 0 Å². The second-order valence-corrected chi connectivity index (χ2v) is 4.88. The van der Waals surface area contributed by atoms with Crippen molar-refractivity contribution in [3.05, 3.63) is 35.2 Å². The molecule has 0 fully saturated rings. The molecule has 1 aromatic carbocycles. The molecular weight excluding hydrogens is 206 g/mol. The molecule has 0 radical (unpaired) electrons. The summed E-state index contributed by atoms with van der Waals surface area (Å²) < 4.78 is 1.32. The van der Waals surface area contributed by atoms with E-state index in [1.807, 2.05) is 6.92 Å². The zero-order chi connectivity index (χ0) is 10.7. The van der Waals surface area contributed by atoms with Gasteiger partial charge in [0.1, 0.15) is 0 Å². The average Bonchev–Trinajstić information content (AvgIpc) is 2.68. The first-order valence-corrected chi connectivity index (χ1v) is 5.93. The number of hydrogen-bond acceptors (Lipinski definition) is 3. The van der Waals surface area contributed by atoms with Crippen molar-refractivity contribution in [1.29, 1.82) is 0 Å². The third-order valence-electron chi connectivity index (χ3n) is 2.38. The van der Waals surface area contributed by atoms with Crippen LogP contribution in [0, 0.1) is 0 Å². The van der Waals surface area contributed by atoms with E-state index in [0.717, 1.165) is 6.54 Å². The average molecular weight is 221 g/mol. The number of hydrogen-bond donors (Lipinski definition) is 2. The number of rotatable bonds is 4. The summed E-state index contributed by atoms with van der Waals surface area (Å²) >= 11 is 1.81. The molecule has 1 heterocycles.